The molecular formula is C19H25NO. The summed E-state index contributed by atoms with van der Waals surface area (Å²) in [6.07, 6.45) is 0.208. The second-order valence-electron chi connectivity index (χ2n) is 5.63. The average Bonchev–Trinajstić information content (AvgIpc) is 2.46. The first-order chi connectivity index (χ1) is 10.1. The minimum Gasteiger partial charge on any atom is -0.491 e. The molecule has 0 radical (unpaired) electrons. The Bertz CT molecular complexity index is 573. The summed E-state index contributed by atoms with van der Waals surface area (Å²) in [5.74, 6) is 0.926. The highest BCUT2D eigenvalue weighted by atomic mass is 16.5. The second kappa shape index (κ2) is 7.28. The van der Waals surface area contributed by atoms with Crippen LogP contribution < -0.4 is 10.1 Å². The topological polar surface area (TPSA) is 21.3 Å². The first-order valence-corrected chi connectivity index (χ1v) is 7.67. The molecule has 2 rings (SSSR count). The summed E-state index contributed by atoms with van der Waals surface area (Å²) < 4.78 is 5.71. The van der Waals surface area contributed by atoms with Crippen LogP contribution in [-0.4, -0.2) is 12.6 Å². The van der Waals surface area contributed by atoms with Gasteiger partial charge in [0.05, 0.1) is 6.10 Å². The molecule has 0 saturated carbocycles. The zero-order valence-corrected chi connectivity index (χ0v) is 13.4. The SMILES string of the molecule is CCNCc1ccc(C)cc1-c1ccc(OC(C)C)cc1. The summed E-state index contributed by atoms with van der Waals surface area (Å²) in [6.45, 7) is 10.2. The molecule has 0 amide bonds. The van der Waals surface area contributed by atoms with E-state index in [2.05, 4.69) is 61.6 Å². The number of hydrogen-bond donors (Lipinski definition) is 1. The molecule has 0 aliphatic heterocycles. The molecule has 0 saturated heterocycles. The van der Waals surface area contributed by atoms with Crippen molar-refractivity contribution in [1.29, 1.82) is 0 Å². The Morgan fingerprint density at radius 2 is 1.76 bits per heavy atom. The lowest BCUT2D eigenvalue weighted by molar-refractivity contribution is 0.242. The molecule has 1 N–H and O–H groups in total. The van der Waals surface area contributed by atoms with Crippen LogP contribution in [0.1, 0.15) is 31.9 Å². The van der Waals surface area contributed by atoms with Gasteiger partial charge >= 0.3 is 0 Å². The predicted octanol–water partition coefficient (Wildman–Crippen LogP) is 4.56. The molecule has 0 bridgehead atoms. The summed E-state index contributed by atoms with van der Waals surface area (Å²) in [7, 11) is 0. The first kappa shape index (κ1) is 15.6. The van der Waals surface area contributed by atoms with Crippen molar-refractivity contribution >= 4 is 0 Å². The first-order valence-electron chi connectivity index (χ1n) is 7.67. The van der Waals surface area contributed by atoms with E-state index in [0.717, 1.165) is 18.8 Å². The van der Waals surface area contributed by atoms with Crippen molar-refractivity contribution in [3.8, 4) is 16.9 Å². The fraction of sp³-hybridized carbons (Fsp3) is 0.368. The van der Waals surface area contributed by atoms with Crippen molar-refractivity contribution in [2.45, 2.75) is 40.3 Å². The van der Waals surface area contributed by atoms with Gasteiger partial charge in [-0.25, -0.2) is 0 Å². The molecule has 2 aromatic rings. The zero-order chi connectivity index (χ0) is 15.2. The van der Waals surface area contributed by atoms with Crippen LogP contribution in [0, 0.1) is 6.92 Å². The number of rotatable bonds is 6. The Hall–Kier alpha value is -1.80. The van der Waals surface area contributed by atoms with E-state index in [1.165, 1.54) is 22.3 Å². The van der Waals surface area contributed by atoms with E-state index in [0.29, 0.717) is 0 Å². The smallest absolute Gasteiger partial charge is 0.119 e. The summed E-state index contributed by atoms with van der Waals surface area (Å²) >= 11 is 0. The Balaban J connectivity index is 2.29. The molecule has 0 aromatic heterocycles. The molecule has 0 aliphatic rings. The molecule has 0 aliphatic carbocycles. The van der Waals surface area contributed by atoms with E-state index >= 15 is 0 Å². The maximum absolute atomic E-state index is 5.71. The molecule has 2 nitrogen and oxygen atoms in total. The highest BCUT2D eigenvalue weighted by Crippen LogP contribution is 2.27. The van der Waals surface area contributed by atoms with Gasteiger partial charge in [0.1, 0.15) is 5.75 Å². The van der Waals surface area contributed by atoms with Crippen molar-refractivity contribution < 1.29 is 4.74 Å². The van der Waals surface area contributed by atoms with Gasteiger partial charge < -0.3 is 10.1 Å². The van der Waals surface area contributed by atoms with Crippen molar-refractivity contribution in [3.05, 3.63) is 53.6 Å². The molecule has 0 atom stereocenters. The van der Waals surface area contributed by atoms with Gasteiger partial charge in [0, 0.05) is 6.54 Å². The zero-order valence-electron chi connectivity index (χ0n) is 13.4. The van der Waals surface area contributed by atoms with E-state index in [9.17, 15) is 0 Å². The summed E-state index contributed by atoms with van der Waals surface area (Å²) in [6, 6.07) is 15.0. The molecule has 0 spiro atoms. The quantitative estimate of drug-likeness (QED) is 0.839. The highest BCUT2D eigenvalue weighted by molar-refractivity contribution is 5.68. The molecule has 0 unspecified atom stereocenters. The maximum Gasteiger partial charge on any atom is 0.119 e. The second-order valence-corrected chi connectivity index (χ2v) is 5.63. The van der Waals surface area contributed by atoms with Gasteiger partial charge in [0.2, 0.25) is 0 Å². The highest BCUT2D eigenvalue weighted by Gasteiger charge is 2.06. The third-order valence-corrected chi connectivity index (χ3v) is 3.37. The number of hydrogen-bond acceptors (Lipinski definition) is 2. The van der Waals surface area contributed by atoms with E-state index in [1.54, 1.807) is 0 Å². The van der Waals surface area contributed by atoms with E-state index < -0.39 is 0 Å². The van der Waals surface area contributed by atoms with Crippen molar-refractivity contribution in [1.82, 2.24) is 5.32 Å². The maximum atomic E-state index is 5.71. The Morgan fingerprint density at radius 3 is 2.38 bits per heavy atom. The molecule has 0 fully saturated rings. The number of ether oxygens (including phenoxy) is 1. The van der Waals surface area contributed by atoms with Crippen LogP contribution in [0.15, 0.2) is 42.5 Å². The lowest BCUT2D eigenvalue weighted by atomic mass is 9.97. The van der Waals surface area contributed by atoms with Gasteiger partial charge in [-0.1, -0.05) is 42.8 Å². The third kappa shape index (κ3) is 4.33. The van der Waals surface area contributed by atoms with Crippen LogP contribution >= 0.6 is 0 Å². The largest absolute Gasteiger partial charge is 0.491 e. The Morgan fingerprint density at radius 1 is 1.05 bits per heavy atom. The molecule has 112 valence electrons. The van der Waals surface area contributed by atoms with Crippen LogP contribution in [0.25, 0.3) is 11.1 Å². The van der Waals surface area contributed by atoms with E-state index in [1.807, 2.05) is 13.8 Å². The third-order valence-electron chi connectivity index (χ3n) is 3.37. The van der Waals surface area contributed by atoms with Gasteiger partial charge in [-0.2, -0.15) is 0 Å². The molecule has 2 heteroatoms. The van der Waals surface area contributed by atoms with Gasteiger partial charge in [0.25, 0.3) is 0 Å². The van der Waals surface area contributed by atoms with Crippen molar-refractivity contribution in [3.63, 3.8) is 0 Å². The lowest BCUT2D eigenvalue weighted by Gasteiger charge is -2.13. The fourth-order valence-electron chi connectivity index (χ4n) is 2.36. The van der Waals surface area contributed by atoms with Gasteiger partial charge in [-0.05, 0) is 56.1 Å². The molecule has 21 heavy (non-hydrogen) atoms. The average molecular weight is 283 g/mol. The number of aryl methyl sites for hydroxylation is 1. The minimum atomic E-state index is 0.208. The Kier molecular flexibility index (Phi) is 5.40. The van der Waals surface area contributed by atoms with Gasteiger partial charge in [-0.3, -0.25) is 0 Å². The van der Waals surface area contributed by atoms with Crippen molar-refractivity contribution in [2.24, 2.45) is 0 Å². The summed E-state index contributed by atoms with van der Waals surface area (Å²) in [4.78, 5) is 0. The van der Waals surface area contributed by atoms with Crippen LogP contribution in [0.5, 0.6) is 5.75 Å². The van der Waals surface area contributed by atoms with Gasteiger partial charge in [0.15, 0.2) is 0 Å². The van der Waals surface area contributed by atoms with Gasteiger partial charge in [-0.15, -0.1) is 0 Å². The van der Waals surface area contributed by atoms with Crippen molar-refractivity contribution in [2.75, 3.05) is 6.54 Å². The molecular weight excluding hydrogens is 258 g/mol. The number of benzene rings is 2. The standard InChI is InChI=1S/C19H25NO/c1-5-20-13-17-7-6-15(4)12-19(17)16-8-10-18(11-9-16)21-14(2)3/h6-12,14,20H,5,13H2,1-4H3. The summed E-state index contributed by atoms with van der Waals surface area (Å²) in [5.41, 5.74) is 5.16. The minimum absolute atomic E-state index is 0.208. The summed E-state index contributed by atoms with van der Waals surface area (Å²) in [5, 5.41) is 3.41. The van der Waals surface area contributed by atoms with Crippen LogP contribution in [0.2, 0.25) is 0 Å². The molecule has 0 heterocycles. The van der Waals surface area contributed by atoms with Crippen LogP contribution in [0.3, 0.4) is 0 Å². The van der Waals surface area contributed by atoms with Crippen LogP contribution in [-0.2, 0) is 6.54 Å². The predicted molar refractivity (Wildman–Crippen MR) is 89.8 cm³/mol. The monoisotopic (exact) mass is 283 g/mol. The van der Waals surface area contributed by atoms with Crippen LogP contribution in [0.4, 0.5) is 0 Å². The molecule has 2 aromatic carbocycles. The Labute approximate surface area is 128 Å². The number of nitrogens with one attached hydrogen (secondary N) is 1. The fourth-order valence-corrected chi connectivity index (χ4v) is 2.36. The van der Waals surface area contributed by atoms with E-state index in [-0.39, 0.29) is 6.10 Å². The normalized spacial score (nSPS) is 10.9. The van der Waals surface area contributed by atoms with E-state index in [4.69, 9.17) is 4.74 Å². The lowest BCUT2D eigenvalue weighted by Crippen LogP contribution is -2.12.